The number of unbranched alkanes of at least 4 members (excludes halogenated alkanes) is 1. The average Bonchev–Trinajstić information content (AvgIpc) is 3.35. The quantitative estimate of drug-likeness (QED) is 0.514. The molecular weight excluding hydrogens is 398 g/mol. The molecule has 9 heteroatoms. The van der Waals surface area contributed by atoms with Gasteiger partial charge in [0, 0.05) is 46.9 Å². The molecule has 0 bridgehead atoms. The van der Waals surface area contributed by atoms with Crippen LogP contribution in [0.1, 0.15) is 25.3 Å². The molecule has 3 aromatic heterocycles. The highest BCUT2D eigenvalue weighted by Gasteiger charge is 2.19. The second-order valence-corrected chi connectivity index (χ2v) is 9.58. The molecule has 0 radical (unpaired) electrons. The fraction of sp³-hybridized carbons (Fsp3) is 0.333. The van der Waals surface area contributed by atoms with Crippen LogP contribution in [0.3, 0.4) is 0 Å². The lowest BCUT2D eigenvalue weighted by molar-refractivity contribution is 0.682. The van der Waals surface area contributed by atoms with Gasteiger partial charge in [0.1, 0.15) is 21.8 Å². The first kappa shape index (κ1) is 19.7. The monoisotopic (exact) mass is 417 g/mol. The van der Waals surface area contributed by atoms with Gasteiger partial charge in [-0.1, -0.05) is 25.1 Å². The Bertz CT molecular complexity index is 976. The summed E-state index contributed by atoms with van der Waals surface area (Å²) >= 11 is 2.87. The summed E-state index contributed by atoms with van der Waals surface area (Å²) in [6.45, 7) is 2.08. The first-order valence-corrected chi connectivity index (χ1v) is 11.8. The molecule has 3 heterocycles. The Morgan fingerprint density at radius 3 is 2.89 bits per heavy atom. The van der Waals surface area contributed by atoms with Gasteiger partial charge in [0.25, 0.3) is 0 Å². The van der Waals surface area contributed by atoms with Crippen LogP contribution in [0.2, 0.25) is 0 Å². The standard InChI is InChI=1S/C18H19N5OS3/c1-3-4-9-27(24)12-26-17-14(11-19)13(16-5-6-21-23(16)2)10-15(22-17)18-20-7-8-25-18/h5-8,10H,3-4,9,12H2,1-2H3. The molecule has 0 saturated heterocycles. The minimum Gasteiger partial charge on any atom is -0.268 e. The lowest BCUT2D eigenvalue weighted by atomic mass is 10.1. The summed E-state index contributed by atoms with van der Waals surface area (Å²) in [4.78, 5) is 9.01. The van der Waals surface area contributed by atoms with Gasteiger partial charge < -0.3 is 0 Å². The third-order valence-corrected chi connectivity index (χ3v) is 7.53. The molecule has 27 heavy (non-hydrogen) atoms. The van der Waals surface area contributed by atoms with E-state index >= 15 is 0 Å². The molecule has 0 fully saturated rings. The molecule has 3 rings (SSSR count). The summed E-state index contributed by atoms with van der Waals surface area (Å²) in [7, 11) is 0.901. The number of thiazole rings is 1. The van der Waals surface area contributed by atoms with Gasteiger partial charge >= 0.3 is 0 Å². The van der Waals surface area contributed by atoms with Crippen LogP contribution in [0.25, 0.3) is 22.0 Å². The smallest absolute Gasteiger partial charge is 0.141 e. The van der Waals surface area contributed by atoms with E-state index in [2.05, 4.69) is 28.1 Å². The Hall–Kier alpha value is -2.02. The Morgan fingerprint density at radius 1 is 1.41 bits per heavy atom. The van der Waals surface area contributed by atoms with E-state index in [-0.39, 0.29) is 0 Å². The van der Waals surface area contributed by atoms with E-state index in [4.69, 9.17) is 0 Å². The zero-order chi connectivity index (χ0) is 19.2. The van der Waals surface area contributed by atoms with Crippen molar-refractivity contribution in [2.75, 3.05) is 10.8 Å². The van der Waals surface area contributed by atoms with Crippen molar-refractivity contribution in [3.63, 3.8) is 0 Å². The van der Waals surface area contributed by atoms with Crippen LogP contribution in [0.4, 0.5) is 0 Å². The zero-order valence-corrected chi connectivity index (χ0v) is 17.5. The third kappa shape index (κ3) is 4.64. The molecule has 0 aliphatic heterocycles. The molecule has 1 unspecified atom stereocenters. The number of nitrogens with zero attached hydrogens (tertiary/aromatic N) is 5. The Balaban J connectivity index is 2.03. The highest BCUT2D eigenvalue weighted by Crippen LogP contribution is 2.34. The number of hydrogen-bond donors (Lipinski definition) is 0. The van der Waals surface area contributed by atoms with Crippen molar-refractivity contribution in [2.45, 2.75) is 24.8 Å². The maximum Gasteiger partial charge on any atom is 0.141 e. The van der Waals surface area contributed by atoms with Crippen LogP contribution in [0.5, 0.6) is 0 Å². The summed E-state index contributed by atoms with van der Waals surface area (Å²) in [5, 5.41) is 17.7. The van der Waals surface area contributed by atoms with Gasteiger partial charge in [0.05, 0.1) is 16.3 Å². The van der Waals surface area contributed by atoms with Crippen LogP contribution >= 0.6 is 23.1 Å². The number of aryl methyl sites for hydroxylation is 1. The van der Waals surface area contributed by atoms with Crippen molar-refractivity contribution in [2.24, 2.45) is 7.05 Å². The Labute approximate surface area is 169 Å². The van der Waals surface area contributed by atoms with Crippen LogP contribution in [-0.4, -0.2) is 34.8 Å². The van der Waals surface area contributed by atoms with Gasteiger partial charge in [-0.2, -0.15) is 10.4 Å². The molecule has 0 aromatic carbocycles. The van der Waals surface area contributed by atoms with Gasteiger partial charge in [0.2, 0.25) is 0 Å². The van der Waals surface area contributed by atoms with Gasteiger partial charge in [-0.3, -0.25) is 8.89 Å². The van der Waals surface area contributed by atoms with Crippen molar-refractivity contribution in [3.05, 3.63) is 35.5 Å². The molecule has 0 amide bonds. The van der Waals surface area contributed by atoms with Crippen LogP contribution in [-0.2, 0) is 17.8 Å². The number of nitriles is 1. The molecule has 0 saturated carbocycles. The predicted molar refractivity (Wildman–Crippen MR) is 111 cm³/mol. The third-order valence-electron chi connectivity index (χ3n) is 3.90. The van der Waals surface area contributed by atoms with Crippen molar-refractivity contribution in [1.29, 1.82) is 5.26 Å². The van der Waals surface area contributed by atoms with E-state index in [9.17, 15) is 9.47 Å². The summed E-state index contributed by atoms with van der Waals surface area (Å²) in [5.41, 5.74) is 2.79. The molecule has 0 N–H and O–H groups in total. The first-order chi connectivity index (χ1) is 13.1. The number of pyridine rings is 1. The fourth-order valence-electron chi connectivity index (χ4n) is 2.52. The lowest BCUT2D eigenvalue weighted by Crippen LogP contribution is -2.03. The Morgan fingerprint density at radius 2 is 2.26 bits per heavy atom. The van der Waals surface area contributed by atoms with E-state index in [1.165, 1.54) is 23.1 Å². The van der Waals surface area contributed by atoms with E-state index in [1.807, 2.05) is 24.6 Å². The predicted octanol–water partition coefficient (Wildman–Crippen LogP) is 4.08. The summed E-state index contributed by atoms with van der Waals surface area (Å²) < 4.78 is 13.9. The minimum atomic E-state index is -0.939. The minimum absolute atomic E-state index is 0.424. The maximum absolute atomic E-state index is 12.2. The second kappa shape index (κ2) is 9.26. The van der Waals surface area contributed by atoms with Gasteiger partial charge in [-0.25, -0.2) is 9.97 Å². The highest BCUT2D eigenvalue weighted by atomic mass is 32.2. The summed E-state index contributed by atoms with van der Waals surface area (Å²) in [5.74, 6) is 0.673. The summed E-state index contributed by atoms with van der Waals surface area (Å²) in [6, 6.07) is 6.03. The Kier molecular flexibility index (Phi) is 6.77. The second-order valence-electron chi connectivity index (χ2n) is 5.78. The van der Waals surface area contributed by atoms with E-state index < -0.39 is 10.8 Å². The van der Waals surface area contributed by atoms with Gasteiger partial charge in [-0.15, -0.1) is 11.3 Å². The number of rotatable bonds is 8. The highest BCUT2D eigenvalue weighted by molar-refractivity contribution is 8.10. The van der Waals surface area contributed by atoms with E-state index in [0.717, 1.165) is 29.1 Å². The first-order valence-electron chi connectivity index (χ1n) is 8.45. The lowest BCUT2D eigenvalue weighted by Gasteiger charge is -2.11. The van der Waals surface area contributed by atoms with Crippen LogP contribution < -0.4 is 0 Å². The topological polar surface area (TPSA) is 84.5 Å². The molecule has 3 aromatic rings. The molecule has 0 spiro atoms. The normalized spacial score (nSPS) is 12.0. The fourth-order valence-corrected chi connectivity index (χ4v) is 5.63. The van der Waals surface area contributed by atoms with Crippen molar-refractivity contribution < 1.29 is 4.21 Å². The van der Waals surface area contributed by atoms with Gasteiger partial charge in [-0.05, 0) is 18.6 Å². The van der Waals surface area contributed by atoms with Crippen LogP contribution in [0.15, 0.2) is 34.9 Å². The number of hydrogen-bond acceptors (Lipinski definition) is 7. The summed E-state index contributed by atoms with van der Waals surface area (Å²) in [6.07, 6.45) is 5.39. The largest absolute Gasteiger partial charge is 0.268 e. The van der Waals surface area contributed by atoms with Gasteiger partial charge in [0.15, 0.2) is 0 Å². The zero-order valence-electron chi connectivity index (χ0n) is 15.1. The molecule has 0 aliphatic carbocycles. The van der Waals surface area contributed by atoms with Crippen molar-refractivity contribution in [3.8, 4) is 28.0 Å². The van der Waals surface area contributed by atoms with Crippen molar-refractivity contribution in [1.82, 2.24) is 19.7 Å². The van der Waals surface area contributed by atoms with Crippen LogP contribution in [0, 0.1) is 11.3 Å². The van der Waals surface area contributed by atoms with E-state index in [1.54, 1.807) is 17.1 Å². The van der Waals surface area contributed by atoms with E-state index in [0.29, 0.717) is 27.1 Å². The van der Waals surface area contributed by atoms with Crippen molar-refractivity contribution >= 4 is 33.9 Å². The molecule has 0 aliphatic rings. The molecule has 6 nitrogen and oxygen atoms in total. The molecule has 140 valence electrons. The maximum atomic E-state index is 12.2. The average molecular weight is 418 g/mol. The number of thioether (sulfide) groups is 1. The molecule has 1 atom stereocenters. The SMILES string of the molecule is CCCCS(=O)CSc1nc(-c2nccs2)cc(-c2ccnn2C)c1C#N. The number of aromatic nitrogens is 4. The molecular formula is C18H19N5OS3.